The number of rotatable bonds is 4. The van der Waals surface area contributed by atoms with Crippen molar-refractivity contribution < 1.29 is 29.9 Å². The molecule has 2 fully saturated rings. The second kappa shape index (κ2) is 10.9. The van der Waals surface area contributed by atoms with Crippen LogP contribution >= 0.6 is 0 Å². The van der Waals surface area contributed by atoms with Gasteiger partial charge in [0.2, 0.25) is 0 Å². The van der Waals surface area contributed by atoms with Gasteiger partial charge in [-0.05, 0) is 47.3 Å². The molecule has 4 atom stereocenters. The number of nitrogens with zero attached hydrogens (tertiary/aromatic N) is 3. The zero-order valence-corrected chi connectivity index (χ0v) is 28.2. The van der Waals surface area contributed by atoms with Gasteiger partial charge in [-0.25, -0.2) is 0 Å². The van der Waals surface area contributed by atoms with Gasteiger partial charge in [-0.15, -0.1) is 41.4 Å². The van der Waals surface area contributed by atoms with Crippen molar-refractivity contribution in [3.8, 4) is 17.2 Å². The van der Waals surface area contributed by atoms with Crippen molar-refractivity contribution in [2.75, 3.05) is 11.9 Å². The molecule has 1 saturated carbocycles. The number of aromatic nitrogens is 1. The molecule has 3 aliphatic rings. The molecule has 1 saturated heterocycles. The zero-order valence-electron chi connectivity index (χ0n) is 28.9. The van der Waals surface area contributed by atoms with Crippen LogP contribution in [0.25, 0.3) is 27.5 Å². The van der Waals surface area contributed by atoms with E-state index in [0.29, 0.717) is 11.5 Å². The number of fused-ring (bicyclic) bond motifs is 11. The van der Waals surface area contributed by atoms with Crippen LogP contribution in [-0.4, -0.2) is 28.5 Å². The molecule has 4 unspecified atom stereocenters. The average Bonchev–Trinajstić information content (AvgIpc) is 3.82. The minimum absolute atomic E-state index is 0. The van der Waals surface area contributed by atoms with Gasteiger partial charge in [0.1, 0.15) is 0 Å². The Labute approximate surface area is 290 Å². The summed E-state index contributed by atoms with van der Waals surface area (Å²) in [5.41, 5.74) is 7.61. The average molecular weight is 784 g/mol. The van der Waals surface area contributed by atoms with Gasteiger partial charge < -0.3 is 19.1 Å². The van der Waals surface area contributed by atoms with Crippen LogP contribution in [0.2, 0.25) is 0 Å². The second-order valence-corrected chi connectivity index (χ2v) is 13.6. The maximum absolute atomic E-state index is 8.37. The molecule has 2 aliphatic carbocycles. The van der Waals surface area contributed by atoms with Crippen LogP contribution in [0.5, 0.6) is 11.5 Å². The molecule has 0 radical (unpaired) electrons. The number of ether oxygens (including phenoxy) is 1. The standard InChI is InChI=1S/C41H35N3O.Pt/c1-41(2,3)26-11-9-13-28(21-26)44-37-18-8-7-17-33(37)34-20-19-30(23-38(34)44)45-29-14-10-12-27(22-29)43-25-42(4)39-35-24-36(40(39)43)32-16-6-5-15-31(32)35;/h5-12,14-21,25,35-36,39-40H,24H2,1-4H3;/q-4;+4/i4D3;. The third-order valence-electron chi connectivity index (χ3n) is 10.1. The summed E-state index contributed by atoms with van der Waals surface area (Å²) in [5, 5.41) is 2.23. The van der Waals surface area contributed by atoms with Gasteiger partial charge in [0.15, 0.2) is 0 Å². The first-order chi connectivity index (χ1) is 23.1. The summed E-state index contributed by atoms with van der Waals surface area (Å²) >= 11 is 0. The molecule has 0 spiro atoms. The normalized spacial score (nSPS) is 23.1. The van der Waals surface area contributed by atoms with Crippen LogP contribution in [0, 0.1) is 24.9 Å². The van der Waals surface area contributed by atoms with Crippen LogP contribution in [0.1, 0.15) is 59.8 Å². The van der Waals surface area contributed by atoms with Crippen molar-refractivity contribution in [3.05, 3.63) is 139 Å². The van der Waals surface area contributed by atoms with Crippen LogP contribution in [-0.2, 0) is 26.5 Å². The number of anilines is 1. The van der Waals surface area contributed by atoms with E-state index in [4.69, 9.17) is 8.85 Å². The first-order valence-electron chi connectivity index (χ1n) is 17.3. The first-order valence-corrected chi connectivity index (χ1v) is 15.8. The molecule has 6 aromatic rings. The van der Waals surface area contributed by atoms with E-state index in [2.05, 4.69) is 115 Å². The molecule has 9 rings (SSSR count). The summed E-state index contributed by atoms with van der Waals surface area (Å²) in [4.78, 5) is 3.72. The first kappa shape index (κ1) is 26.2. The van der Waals surface area contributed by atoms with E-state index < -0.39 is 6.98 Å². The SMILES string of the molecule is [2H]C([2H])([2H])N1[CH-]N(c2[c-]c(Oc3[c-]c4c(cc3)c3ccccc3n4-c3[c-]ccc(C(C)(C)C)c3)ccc2)C2C3CC(c4ccccc43)C21.[Pt+4]. The molecule has 5 aromatic carbocycles. The van der Waals surface area contributed by atoms with Crippen molar-refractivity contribution >= 4 is 27.5 Å². The van der Waals surface area contributed by atoms with Gasteiger partial charge in [-0.2, -0.15) is 48.6 Å². The van der Waals surface area contributed by atoms with Crippen molar-refractivity contribution in [2.45, 2.75) is 56.5 Å². The smallest absolute Gasteiger partial charge is 0.525 e. The third kappa shape index (κ3) is 4.48. The summed E-state index contributed by atoms with van der Waals surface area (Å²) in [7, 11) is 0. The maximum Gasteiger partial charge on any atom is 4.00 e. The molecule has 2 heterocycles. The summed E-state index contributed by atoms with van der Waals surface area (Å²) in [6, 6.07) is 43.6. The number of para-hydroxylation sites is 1. The number of likely N-dealkylation sites (N-methyl/N-ethyl adjacent to an activating group) is 1. The summed E-state index contributed by atoms with van der Waals surface area (Å²) in [6.45, 7) is 6.21. The third-order valence-corrected chi connectivity index (χ3v) is 10.1. The summed E-state index contributed by atoms with van der Waals surface area (Å²) in [5.74, 6) is 1.57. The Kier molecular flexibility index (Phi) is 6.20. The minimum atomic E-state index is -2.24. The Morgan fingerprint density at radius 2 is 1.57 bits per heavy atom. The van der Waals surface area contributed by atoms with Crippen molar-refractivity contribution in [1.82, 2.24) is 9.47 Å². The predicted molar refractivity (Wildman–Crippen MR) is 181 cm³/mol. The molecule has 0 amide bonds. The Balaban J connectivity index is 0.00000348. The molecule has 1 aromatic heterocycles. The molecule has 1 aliphatic heterocycles. The van der Waals surface area contributed by atoms with E-state index >= 15 is 0 Å². The van der Waals surface area contributed by atoms with E-state index in [9.17, 15) is 0 Å². The molecule has 230 valence electrons. The van der Waals surface area contributed by atoms with E-state index in [-0.39, 0.29) is 50.4 Å². The Bertz CT molecular complexity index is 2220. The quantitative estimate of drug-likeness (QED) is 0.167. The van der Waals surface area contributed by atoms with Crippen molar-refractivity contribution in [2.24, 2.45) is 0 Å². The van der Waals surface area contributed by atoms with Gasteiger partial charge >= 0.3 is 21.1 Å². The fourth-order valence-electron chi connectivity index (χ4n) is 8.06. The molecule has 5 heteroatoms. The largest absolute Gasteiger partial charge is 4.00 e. The van der Waals surface area contributed by atoms with Crippen LogP contribution in [0.3, 0.4) is 0 Å². The van der Waals surface area contributed by atoms with Gasteiger partial charge in [0, 0.05) is 39.1 Å². The molecule has 46 heavy (non-hydrogen) atoms. The molecule has 2 bridgehead atoms. The van der Waals surface area contributed by atoms with E-state index in [1.165, 1.54) is 16.7 Å². The fourth-order valence-corrected chi connectivity index (χ4v) is 8.06. The van der Waals surface area contributed by atoms with Crippen molar-refractivity contribution in [1.29, 1.82) is 0 Å². The molecular weight excluding hydrogens is 746 g/mol. The fraction of sp³-hybridized carbons (Fsp3) is 0.244. The van der Waals surface area contributed by atoms with Gasteiger partial charge in [-0.3, -0.25) is 0 Å². The Hall–Kier alpha value is -3.85. The number of hydrogen-bond acceptors (Lipinski definition) is 3. The van der Waals surface area contributed by atoms with Crippen LogP contribution < -0.4 is 9.64 Å². The van der Waals surface area contributed by atoms with Gasteiger partial charge in [0.25, 0.3) is 0 Å². The number of hydrogen-bond donors (Lipinski definition) is 0. The van der Waals surface area contributed by atoms with Crippen LogP contribution in [0.15, 0.2) is 97.1 Å². The van der Waals surface area contributed by atoms with Crippen LogP contribution in [0.4, 0.5) is 5.69 Å². The summed E-state index contributed by atoms with van der Waals surface area (Å²) in [6.07, 6.45) is 0.959. The molecule has 0 N–H and O–H groups in total. The predicted octanol–water partition coefficient (Wildman–Crippen LogP) is 9.16. The summed E-state index contributed by atoms with van der Waals surface area (Å²) < 4.78 is 33.8. The number of benzene rings is 5. The van der Waals surface area contributed by atoms with E-state index in [0.717, 1.165) is 39.6 Å². The van der Waals surface area contributed by atoms with Gasteiger partial charge in [-0.1, -0.05) is 74.4 Å². The topological polar surface area (TPSA) is 20.6 Å². The Morgan fingerprint density at radius 3 is 2.37 bits per heavy atom. The monoisotopic (exact) mass is 783 g/mol. The van der Waals surface area contributed by atoms with Crippen molar-refractivity contribution in [3.63, 3.8) is 0 Å². The van der Waals surface area contributed by atoms with E-state index in [1.54, 1.807) is 11.6 Å². The van der Waals surface area contributed by atoms with Gasteiger partial charge in [0.05, 0.1) is 0 Å². The second-order valence-electron chi connectivity index (χ2n) is 13.6. The molecule has 4 nitrogen and oxygen atoms in total. The Morgan fingerprint density at radius 1 is 0.804 bits per heavy atom. The minimum Gasteiger partial charge on any atom is -0.525 e. The van der Waals surface area contributed by atoms with E-state index in [1.807, 2.05) is 30.3 Å². The maximum atomic E-state index is 8.37. The zero-order chi connectivity index (χ0) is 32.9. The molecular formula is C41H35N3OPt.